The number of hydrogen-bond acceptors (Lipinski definition) is 2. The van der Waals surface area contributed by atoms with Crippen molar-refractivity contribution in [3.05, 3.63) is 117 Å². The van der Waals surface area contributed by atoms with Gasteiger partial charge in [0.05, 0.1) is 5.41 Å². The number of benzene rings is 4. The Bertz CT molecular complexity index is 1530. The smallest absolute Gasteiger partial charge is 0.422 e. The molecule has 0 aromatic heterocycles. The van der Waals surface area contributed by atoms with E-state index in [0.29, 0.717) is 0 Å². The summed E-state index contributed by atoms with van der Waals surface area (Å²) in [6.45, 7) is 0. The number of aromatic hydroxyl groups is 2. The highest BCUT2D eigenvalue weighted by Crippen LogP contribution is 2.61. The van der Waals surface area contributed by atoms with Gasteiger partial charge in [-0.05, 0) is 34.4 Å². The quantitative estimate of drug-likeness (QED) is 0.215. The van der Waals surface area contributed by atoms with Gasteiger partial charge in [0.2, 0.25) is 0 Å². The Kier molecular flexibility index (Phi) is 5.68. The number of halogens is 10. The van der Waals surface area contributed by atoms with Crippen molar-refractivity contribution in [2.24, 2.45) is 0 Å². The first-order valence-electron chi connectivity index (χ1n) is 10.9. The predicted octanol–water partition coefficient (Wildman–Crippen LogP) is 8.05. The van der Waals surface area contributed by atoms with Crippen molar-refractivity contribution in [1.82, 2.24) is 0 Å². The van der Waals surface area contributed by atoms with Crippen LogP contribution in [-0.4, -0.2) is 10.2 Å². The van der Waals surface area contributed by atoms with Crippen molar-refractivity contribution in [1.29, 1.82) is 0 Å². The van der Waals surface area contributed by atoms with E-state index in [0.717, 1.165) is 0 Å². The number of hydrogen-bond donors (Lipinski definition) is 2. The van der Waals surface area contributed by atoms with Crippen LogP contribution in [0.3, 0.4) is 0 Å². The second-order valence-corrected chi connectivity index (χ2v) is 8.72. The molecule has 0 aliphatic heterocycles. The van der Waals surface area contributed by atoms with E-state index in [1.54, 1.807) is 0 Å². The zero-order chi connectivity index (χ0) is 28.7. The molecule has 0 radical (unpaired) electrons. The minimum Gasteiger partial charge on any atom is -0.505 e. The first-order chi connectivity index (χ1) is 18.1. The van der Waals surface area contributed by atoms with E-state index >= 15 is 8.78 Å². The summed E-state index contributed by atoms with van der Waals surface area (Å²) >= 11 is 0. The molecule has 1 aliphatic rings. The van der Waals surface area contributed by atoms with Gasteiger partial charge in [0, 0.05) is 11.1 Å². The number of fused-ring (bicyclic) bond motifs is 3. The second-order valence-electron chi connectivity index (χ2n) is 8.72. The van der Waals surface area contributed by atoms with Crippen LogP contribution in [0.1, 0.15) is 33.4 Å². The van der Waals surface area contributed by atoms with E-state index in [-0.39, 0.29) is 34.4 Å². The van der Waals surface area contributed by atoms with Gasteiger partial charge < -0.3 is 10.2 Å². The van der Waals surface area contributed by atoms with Crippen molar-refractivity contribution in [3.8, 4) is 22.6 Å². The van der Waals surface area contributed by atoms with Crippen molar-refractivity contribution in [2.45, 2.75) is 17.8 Å². The Morgan fingerprint density at radius 3 is 1.18 bits per heavy atom. The Labute approximate surface area is 212 Å². The van der Waals surface area contributed by atoms with Crippen molar-refractivity contribution in [3.63, 3.8) is 0 Å². The van der Waals surface area contributed by atoms with E-state index in [4.69, 9.17) is 0 Å². The monoisotopic (exact) mass is 558 g/mol. The lowest BCUT2D eigenvalue weighted by Gasteiger charge is -2.35. The lowest BCUT2D eigenvalue weighted by atomic mass is 9.66. The lowest BCUT2D eigenvalue weighted by Crippen LogP contribution is -2.31. The molecule has 0 saturated heterocycles. The van der Waals surface area contributed by atoms with Gasteiger partial charge in [-0.15, -0.1) is 0 Å². The molecule has 0 bridgehead atoms. The molecule has 2 nitrogen and oxygen atoms in total. The van der Waals surface area contributed by atoms with Crippen molar-refractivity contribution >= 4 is 0 Å². The van der Waals surface area contributed by atoms with E-state index in [1.807, 2.05) is 0 Å². The summed E-state index contributed by atoms with van der Waals surface area (Å²) in [4.78, 5) is 0. The molecule has 0 amide bonds. The number of phenols is 2. The normalized spacial score (nSPS) is 14.3. The fraction of sp³-hybridized carbons (Fsp3) is 0.111. The lowest BCUT2D eigenvalue weighted by molar-refractivity contribution is -0.143. The summed E-state index contributed by atoms with van der Waals surface area (Å²) in [5.74, 6) is -13.0. The molecule has 39 heavy (non-hydrogen) atoms. The highest BCUT2D eigenvalue weighted by molar-refractivity contribution is 5.87. The summed E-state index contributed by atoms with van der Waals surface area (Å²) in [5.41, 5.74) is -9.48. The zero-order valence-electron chi connectivity index (χ0n) is 18.9. The van der Waals surface area contributed by atoms with Crippen LogP contribution in [0.25, 0.3) is 11.1 Å². The first-order valence-corrected chi connectivity index (χ1v) is 10.9. The fourth-order valence-corrected chi connectivity index (χ4v) is 5.27. The van der Waals surface area contributed by atoms with Gasteiger partial charge in [0.15, 0.2) is 23.1 Å². The molecule has 0 unspecified atom stereocenters. The van der Waals surface area contributed by atoms with E-state index < -0.39 is 74.8 Å². The van der Waals surface area contributed by atoms with Crippen molar-refractivity contribution in [2.75, 3.05) is 0 Å². The van der Waals surface area contributed by atoms with Crippen LogP contribution >= 0.6 is 0 Å². The van der Waals surface area contributed by atoms with E-state index in [9.17, 15) is 45.3 Å². The SMILES string of the molecule is Oc1c(C2(c3cc(F)c(C(F)(F)F)c(F)c3O)c3ccccc3-c3ccccc32)cc(F)c(C(F)(F)F)c1F. The van der Waals surface area contributed by atoms with Gasteiger partial charge in [-0.1, -0.05) is 48.5 Å². The third-order valence-corrected chi connectivity index (χ3v) is 6.71. The molecule has 4 aromatic carbocycles. The Morgan fingerprint density at radius 2 is 0.846 bits per heavy atom. The Morgan fingerprint density at radius 1 is 0.513 bits per heavy atom. The fourth-order valence-electron chi connectivity index (χ4n) is 5.27. The third-order valence-electron chi connectivity index (χ3n) is 6.71. The van der Waals surface area contributed by atoms with Crippen LogP contribution in [0.2, 0.25) is 0 Å². The molecule has 4 aromatic rings. The molecule has 0 heterocycles. The summed E-state index contributed by atoms with van der Waals surface area (Å²) in [6, 6.07) is 11.1. The minimum atomic E-state index is -5.61. The van der Waals surface area contributed by atoms with Crippen molar-refractivity contribution < 1.29 is 54.1 Å². The first kappa shape index (κ1) is 26.4. The van der Waals surface area contributed by atoms with Gasteiger partial charge in [-0.3, -0.25) is 0 Å². The maximum absolute atomic E-state index is 15.0. The van der Waals surface area contributed by atoms with Crippen LogP contribution in [0.15, 0.2) is 60.7 Å². The van der Waals surface area contributed by atoms with Crippen LogP contribution in [-0.2, 0) is 17.8 Å². The molecule has 1 aliphatic carbocycles. The molecule has 0 spiro atoms. The number of alkyl halides is 6. The molecular weight excluding hydrogens is 546 g/mol. The van der Waals surface area contributed by atoms with E-state index in [2.05, 4.69) is 0 Å². The summed E-state index contributed by atoms with van der Waals surface area (Å²) in [6.07, 6.45) is -11.2. The topological polar surface area (TPSA) is 40.5 Å². The summed E-state index contributed by atoms with van der Waals surface area (Å²) < 4.78 is 140. The Hall–Kier alpha value is -4.22. The average Bonchev–Trinajstić information content (AvgIpc) is 3.13. The molecule has 0 saturated carbocycles. The predicted molar refractivity (Wildman–Crippen MR) is 117 cm³/mol. The molecular formula is C27H12F10O2. The van der Waals surface area contributed by atoms with Gasteiger partial charge in [-0.25, -0.2) is 17.6 Å². The highest BCUT2D eigenvalue weighted by Gasteiger charge is 2.53. The van der Waals surface area contributed by atoms with Gasteiger partial charge in [0.25, 0.3) is 0 Å². The van der Waals surface area contributed by atoms with Crippen LogP contribution < -0.4 is 0 Å². The second kappa shape index (κ2) is 8.39. The number of rotatable bonds is 2. The van der Waals surface area contributed by atoms with Gasteiger partial charge in [0.1, 0.15) is 22.8 Å². The molecule has 5 rings (SSSR count). The Balaban J connectivity index is 2.03. The third kappa shape index (κ3) is 3.57. The van der Waals surface area contributed by atoms with Crippen LogP contribution in [0, 0.1) is 23.3 Å². The van der Waals surface area contributed by atoms with E-state index in [1.165, 1.54) is 48.5 Å². The maximum atomic E-state index is 15.0. The number of phenolic OH excluding ortho intramolecular Hbond substituents is 2. The maximum Gasteiger partial charge on any atom is 0.422 e. The minimum absolute atomic E-state index is 0.0764. The summed E-state index contributed by atoms with van der Waals surface area (Å²) in [7, 11) is 0. The van der Waals surface area contributed by atoms with Gasteiger partial charge >= 0.3 is 12.4 Å². The average molecular weight is 558 g/mol. The highest BCUT2D eigenvalue weighted by atomic mass is 19.4. The molecule has 0 fully saturated rings. The zero-order valence-corrected chi connectivity index (χ0v) is 18.9. The van der Waals surface area contributed by atoms with Crippen LogP contribution in [0.4, 0.5) is 43.9 Å². The molecule has 2 N–H and O–H groups in total. The summed E-state index contributed by atoms with van der Waals surface area (Å²) in [5, 5.41) is 21.5. The molecule has 0 atom stereocenters. The standard InChI is InChI=1S/C27H12F10O2/c28-17-9-15(23(38)21(30)19(17)26(32,33)34)25(16-10-18(29)20(27(35,36)37)22(31)24(16)39)13-7-3-1-5-11(13)12-6-2-4-8-14(12)25/h1-10,38-39H. The van der Waals surface area contributed by atoms with Crippen LogP contribution in [0.5, 0.6) is 11.5 Å². The van der Waals surface area contributed by atoms with Gasteiger partial charge in [-0.2, -0.15) is 26.3 Å². The molecule has 12 heteroatoms. The molecule has 202 valence electrons. The largest absolute Gasteiger partial charge is 0.505 e.